The number of nitrogens with one attached hydrogen (secondary N) is 1. The first-order valence-corrected chi connectivity index (χ1v) is 9.69. The SMILES string of the molecule is COC(=O)C[C@@H]1C(=O)NCCN1C(=O)c1cc2c(s1)CCCCCC2. The van der Waals surface area contributed by atoms with Gasteiger partial charge in [-0.25, -0.2) is 0 Å². The van der Waals surface area contributed by atoms with Crippen LogP contribution in [0.2, 0.25) is 0 Å². The number of aryl methyl sites for hydroxylation is 2. The summed E-state index contributed by atoms with van der Waals surface area (Å²) >= 11 is 1.55. The highest BCUT2D eigenvalue weighted by Gasteiger charge is 2.36. The van der Waals surface area contributed by atoms with E-state index in [1.807, 2.05) is 6.07 Å². The van der Waals surface area contributed by atoms with Crippen LogP contribution in [-0.4, -0.2) is 48.9 Å². The maximum Gasteiger partial charge on any atom is 0.308 e. The second-order valence-corrected chi connectivity index (χ2v) is 7.70. The zero-order chi connectivity index (χ0) is 17.8. The molecule has 1 fully saturated rings. The Hall–Kier alpha value is -1.89. The Kier molecular flexibility index (Phi) is 5.73. The van der Waals surface area contributed by atoms with Crippen molar-refractivity contribution in [1.29, 1.82) is 0 Å². The van der Waals surface area contributed by atoms with E-state index in [4.69, 9.17) is 0 Å². The number of fused-ring (bicyclic) bond motifs is 1. The molecule has 6 nitrogen and oxygen atoms in total. The molecule has 1 aliphatic carbocycles. The molecular formula is C18H24N2O4S. The molecule has 0 radical (unpaired) electrons. The second-order valence-electron chi connectivity index (χ2n) is 6.56. The van der Waals surface area contributed by atoms with Crippen LogP contribution >= 0.6 is 11.3 Å². The van der Waals surface area contributed by atoms with Crippen LogP contribution in [0.25, 0.3) is 0 Å². The molecule has 0 spiro atoms. The van der Waals surface area contributed by atoms with Crippen molar-refractivity contribution in [1.82, 2.24) is 10.2 Å². The molecule has 7 heteroatoms. The van der Waals surface area contributed by atoms with E-state index in [-0.39, 0.29) is 18.2 Å². The molecule has 1 aromatic rings. The summed E-state index contributed by atoms with van der Waals surface area (Å²) in [6.45, 7) is 0.822. The number of piperazine rings is 1. The molecule has 1 N–H and O–H groups in total. The van der Waals surface area contributed by atoms with E-state index >= 15 is 0 Å². The van der Waals surface area contributed by atoms with Crippen molar-refractivity contribution in [2.75, 3.05) is 20.2 Å². The number of methoxy groups -OCH3 is 1. The lowest BCUT2D eigenvalue weighted by molar-refractivity contribution is -0.145. The zero-order valence-corrected chi connectivity index (χ0v) is 15.3. The molecule has 0 saturated carbocycles. The third-order valence-electron chi connectivity index (χ3n) is 4.89. The topological polar surface area (TPSA) is 75.7 Å². The van der Waals surface area contributed by atoms with Gasteiger partial charge in [0.1, 0.15) is 6.04 Å². The van der Waals surface area contributed by atoms with Gasteiger partial charge in [0, 0.05) is 18.0 Å². The normalized spacial score (nSPS) is 20.9. The van der Waals surface area contributed by atoms with E-state index in [2.05, 4.69) is 10.1 Å². The molecule has 25 heavy (non-hydrogen) atoms. The molecule has 0 unspecified atom stereocenters. The molecule has 2 heterocycles. The third kappa shape index (κ3) is 4.03. The standard InChI is InChI=1S/C18H24N2O4S/c1-24-16(21)11-13-17(22)19-8-9-20(13)18(23)15-10-12-6-4-2-3-5-7-14(12)25-15/h10,13H,2-9,11H2,1H3,(H,19,22)/t13-/m1/s1. The van der Waals surface area contributed by atoms with E-state index in [1.165, 1.54) is 35.3 Å². The summed E-state index contributed by atoms with van der Waals surface area (Å²) in [5, 5.41) is 2.73. The van der Waals surface area contributed by atoms with Gasteiger partial charge in [0.25, 0.3) is 5.91 Å². The third-order valence-corrected chi connectivity index (χ3v) is 6.11. The number of hydrogen-bond donors (Lipinski definition) is 1. The van der Waals surface area contributed by atoms with E-state index in [9.17, 15) is 14.4 Å². The molecule has 3 rings (SSSR count). The summed E-state index contributed by atoms with van der Waals surface area (Å²) < 4.78 is 4.67. The van der Waals surface area contributed by atoms with Crippen molar-refractivity contribution in [3.05, 3.63) is 21.4 Å². The van der Waals surface area contributed by atoms with Gasteiger partial charge in [-0.1, -0.05) is 12.8 Å². The highest BCUT2D eigenvalue weighted by atomic mass is 32.1. The molecule has 2 aliphatic rings. The van der Waals surface area contributed by atoms with Gasteiger partial charge in [0.05, 0.1) is 18.4 Å². The second kappa shape index (κ2) is 7.99. The first kappa shape index (κ1) is 17.9. The zero-order valence-electron chi connectivity index (χ0n) is 14.5. The fourth-order valence-corrected chi connectivity index (χ4v) is 4.70. The van der Waals surface area contributed by atoms with Gasteiger partial charge >= 0.3 is 5.97 Å². The predicted molar refractivity (Wildman–Crippen MR) is 94.7 cm³/mol. The predicted octanol–water partition coefficient (Wildman–Crippen LogP) is 1.91. The minimum absolute atomic E-state index is 0.112. The molecule has 1 aliphatic heterocycles. The Morgan fingerprint density at radius 1 is 1.28 bits per heavy atom. The van der Waals surface area contributed by atoms with Gasteiger partial charge in [-0.05, 0) is 37.3 Å². The Labute approximate surface area is 151 Å². The number of rotatable bonds is 3. The largest absolute Gasteiger partial charge is 0.469 e. The smallest absolute Gasteiger partial charge is 0.308 e. The van der Waals surface area contributed by atoms with Crippen molar-refractivity contribution >= 4 is 29.1 Å². The first-order valence-electron chi connectivity index (χ1n) is 8.87. The highest BCUT2D eigenvalue weighted by molar-refractivity contribution is 7.14. The number of hydrogen-bond acceptors (Lipinski definition) is 5. The van der Waals surface area contributed by atoms with E-state index in [0.717, 1.165) is 25.7 Å². The van der Waals surface area contributed by atoms with Crippen LogP contribution in [0.4, 0.5) is 0 Å². The van der Waals surface area contributed by atoms with Crippen molar-refractivity contribution in [3.63, 3.8) is 0 Å². The molecule has 1 saturated heterocycles. The monoisotopic (exact) mass is 364 g/mol. The van der Waals surface area contributed by atoms with Gasteiger partial charge in [-0.15, -0.1) is 11.3 Å². The van der Waals surface area contributed by atoms with Crippen molar-refractivity contribution in [3.8, 4) is 0 Å². The van der Waals surface area contributed by atoms with Crippen LogP contribution in [0.1, 0.15) is 52.2 Å². The number of esters is 1. The fraction of sp³-hybridized carbons (Fsp3) is 0.611. The molecular weight excluding hydrogens is 340 g/mol. The summed E-state index contributed by atoms with van der Waals surface area (Å²) in [5.74, 6) is -0.932. The molecule has 0 bridgehead atoms. The number of thiophene rings is 1. The Morgan fingerprint density at radius 3 is 2.80 bits per heavy atom. The fourth-order valence-electron chi connectivity index (χ4n) is 3.49. The quantitative estimate of drug-likeness (QED) is 0.832. The van der Waals surface area contributed by atoms with Crippen molar-refractivity contribution in [2.45, 2.75) is 51.0 Å². The van der Waals surface area contributed by atoms with Crippen LogP contribution in [0.3, 0.4) is 0 Å². The maximum absolute atomic E-state index is 13.0. The number of nitrogens with zero attached hydrogens (tertiary/aromatic N) is 1. The first-order chi connectivity index (χ1) is 12.1. The molecule has 1 atom stereocenters. The van der Waals surface area contributed by atoms with Crippen LogP contribution < -0.4 is 5.32 Å². The van der Waals surface area contributed by atoms with Crippen molar-refractivity contribution in [2.24, 2.45) is 0 Å². The number of ether oxygens (including phenoxy) is 1. The lowest BCUT2D eigenvalue weighted by Gasteiger charge is -2.34. The number of carbonyl (C=O) groups excluding carboxylic acids is 3. The minimum atomic E-state index is -0.793. The average molecular weight is 364 g/mol. The molecule has 0 aromatic carbocycles. The van der Waals surface area contributed by atoms with Gasteiger partial charge in [0.2, 0.25) is 5.91 Å². The summed E-state index contributed by atoms with van der Waals surface area (Å²) in [6, 6.07) is 1.20. The Morgan fingerprint density at radius 2 is 2.04 bits per heavy atom. The number of amides is 2. The number of carbonyl (C=O) groups is 3. The van der Waals surface area contributed by atoms with Gasteiger partial charge in [-0.2, -0.15) is 0 Å². The average Bonchev–Trinajstić information content (AvgIpc) is 2.98. The molecule has 136 valence electrons. The Balaban J connectivity index is 1.81. The molecule has 2 amide bonds. The van der Waals surface area contributed by atoms with Gasteiger partial charge < -0.3 is 15.0 Å². The summed E-state index contributed by atoms with van der Waals surface area (Å²) in [4.78, 5) is 40.3. The van der Waals surface area contributed by atoms with Crippen LogP contribution in [0.5, 0.6) is 0 Å². The van der Waals surface area contributed by atoms with Gasteiger partial charge in [0.15, 0.2) is 0 Å². The van der Waals surface area contributed by atoms with Crippen molar-refractivity contribution < 1.29 is 19.1 Å². The summed E-state index contributed by atoms with van der Waals surface area (Å²) in [7, 11) is 1.29. The highest BCUT2D eigenvalue weighted by Crippen LogP contribution is 2.30. The minimum Gasteiger partial charge on any atom is -0.469 e. The Bertz CT molecular complexity index is 645. The van der Waals surface area contributed by atoms with E-state index in [1.54, 1.807) is 11.3 Å². The lowest BCUT2D eigenvalue weighted by atomic mass is 9.99. The van der Waals surface area contributed by atoms with Crippen LogP contribution in [0.15, 0.2) is 6.07 Å². The summed E-state index contributed by atoms with van der Waals surface area (Å²) in [6.07, 6.45) is 6.75. The van der Waals surface area contributed by atoms with E-state index in [0.29, 0.717) is 18.0 Å². The maximum atomic E-state index is 13.0. The summed E-state index contributed by atoms with van der Waals surface area (Å²) in [5.41, 5.74) is 1.28. The van der Waals surface area contributed by atoms with E-state index < -0.39 is 12.0 Å². The van der Waals surface area contributed by atoms with Crippen LogP contribution in [-0.2, 0) is 27.2 Å². The van der Waals surface area contributed by atoms with Crippen LogP contribution in [0, 0.1) is 0 Å². The van der Waals surface area contributed by atoms with Gasteiger partial charge in [-0.3, -0.25) is 14.4 Å². The lowest BCUT2D eigenvalue weighted by Crippen LogP contribution is -2.57. The molecule has 1 aromatic heterocycles.